The van der Waals surface area contributed by atoms with Crippen molar-refractivity contribution in [1.82, 2.24) is 14.9 Å². The van der Waals surface area contributed by atoms with Gasteiger partial charge in [0.25, 0.3) is 0 Å². The van der Waals surface area contributed by atoms with Gasteiger partial charge in [-0.25, -0.2) is 9.97 Å². The molecule has 3 fully saturated rings. The van der Waals surface area contributed by atoms with Gasteiger partial charge < -0.3 is 4.90 Å². The third-order valence-corrected chi connectivity index (χ3v) is 5.76. The number of allylic oxidation sites excluding steroid dienone is 1. The fourth-order valence-corrected chi connectivity index (χ4v) is 4.38. The van der Waals surface area contributed by atoms with Crippen LogP contribution in [0.5, 0.6) is 0 Å². The van der Waals surface area contributed by atoms with Crippen LogP contribution in [0.25, 0.3) is 0 Å². The van der Waals surface area contributed by atoms with Gasteiger partial charge in [-0.1, -0.05) is 5.57 Å². The van der Waals surface area contributed by atoms with Gasteiger partial charge in [0.15, 0.2) is 0 Å². The van der Waals surface area contributed by atoms with E-state index in [1.807, 2.05) is 12.3 Å². The zero-order valence-corrected chi connectivity index (χ0v) is 12.7. The quantitative estimate of drug-likeness (QED) is 0.806. The molecule has 2 atom stereocenters. The summed E-state index contributed by atoms with van der Waals surface area (Å²) in [5, 5.41) is 0. The number of fused-ring (bicyclic) bond motifs is 4. The summed E-state index contributed by atoms with van der Waals surface area (Å²) in [6.07, 6.45) is 13.8. The number of hydrogen-bond acceptors (Lipinski definition) is 3. The Morgan fingerprint density at radius 2 is 1.91 bits per heavy atom. The molecule has 2 unspecified atom stereocenters. The maximum atomic E-state index is 13.0. The van der Waals surface area contributed by atoms with Crippen LogP contribution in [0.3, 0.4) is 0 Å². The SMILES string of the molecule is O=C(C=C(C1CC1)C1CC1)N1C2CCC1c1cncnc1C2. The van der Waals surface area contributed by atoms with E-state index < -0.39 is 0 Å². The van der Waals surface area contributed by atoms with E-state index in [-0.39, 0.29) is 11.9 Å². The molecular formula is C18H21N3O. The topological polar surface area (TPSA) is 46.1 Å². The molecule has 114 valence electrons. The summed E-state index contributed by atoms with van der Waals surface area (Å²) in [5.74, 6) is 1.68. The van der Waals surface area contributed by atoms with Gasteiger partial charge in [-0.15, -0.1) is 0 Å². The minimum Gasteiger partial charge on any atom is -0.329 e. The summed E-state index contributed by atoms with van der Waals surface area (Å²) < 4.78 is 0. The minimum atomic E-state index is 0.207. The third-order valence-electron chi connectivity index (χ3n) is 5.76. The molecule has 1 aromatic heterocycles. The van der Waals surface area contributed by atoms with E-state index in [9.17, 15) is 4.79 Å². The first kappa shape index (κ1) is 12.8. The van der Waals surface area contributed by atoms with Gasteiger partial charge >= 0.3 is 0 Å². The average molecular weight is 295 g/mol. The summed E-state index contributed by atoms with van der Waals surface area (Å²) in [6.45, 7) is 0. The highest BCUT2D eigenvalue weighted by Crippen LogP contribution is 2.49. The zero-order chi connectivity index (χ0) is 14.7. The second-order valence-corrected chi connectivity index (χ2v) is 7.31. The van der Waals surface area contributed by atoms with Crippen LogP contribution in [0.2, 0.25) is 0 Å². The Morgan fingerprint density at radius 3 is 2.64 bits per heavy atom. The molecule has 1 saturated heterocycles. The van der Waals surface area contributed by atoms with E-state index in [0.717, 1.165) is 36.8 Å². The van der Waals surface area contributed by atoms with E-state index >= 15 is 0 Å². The van der Waals surface area contributed by atoms with Crippen LogP contribution in [-0.2, 0) is 11.2 Å². The van der Waals surface area contributed by atoms with E-state index in [1.165, 1.54) is 36.8 Å². The molecule has 3 heterocycles. The molecule has 4 nitrogen and oxygen atoms in total. The van der Waals surface area contributed by atoms with Crippen molar-refractivity contribution in [3.05, 3.63) is 35.4 Å². The summed E-state index contributed by atoms with van der Waals surface area (Å²) >= 11 is 0. The largest absolute Gasteiger partial charge is 0.329 e. The standard InChI is InChI=1S/C18H21N3O/c22-18(8-14(11-1-2-11)12-3-4-12)21-13-5-6-17(21)15-9-19-10-20-16(15)7-13/h8-13,17H,1-7H2. The Hall–Kier alpha value is -1.71. The highest BCUT2D eigenvalue weighted by Gasteiger charge is 2.44. The number of aromatic nitrogens is 2. The lowest BCUT2D eigenvalue weighted by molar-refractivity contribution is -0.129. The van der Waals surface area contributed by atoms with Gasteiger partial charge in [0.05, 0.1) is 11.7 Å². The number of hydrogen-bond donors (Lipinski definition) is 0. The van der Waals surface area contributed by atoms with Gasteiger partial charge in [0, 0.05) is 30.3 Å². The van der Waals surface area contributed by atoms with Crippen molar-refractivity contribution in [2.45, 2.75) is 57.0 Å². The Balaban J connectivity index is 1.46. The van der Waals surface area contributed by atoms with Gasteiger partial charge in [0.1, 0.15) is 6.33 Å². The van der Waals surface area contributed by atoms with E-state index in [4.69, 9.17) is 0 Å². The molecule has 1 aromatic rings. The van der Waals surface area contributed by atoms with Crippen LogP contribution in [0, 0.1) is 11.8 Å². The highest BCUT2D eigenvalue weighted by molar-refractivity contribution is 5.89. The fraction of sp³-hybridized carbons (Fsp3) is 0.611. The molecule has 5 rings (SSSR count). The van der Waals surface area contributed by atoms with Gasteiger partial charge in [0.2, 0.25) is 5.91 Å². The molecule has 0 N–H and O–H groups in total. The minimum absolute atomic E-state index is 0.207. The van der Waals surface area contributed by atoms with Crippen molar-refractivity contribution in [3.8, 4) is 0 Å². The highest BCUT2D eigenvalue weighted by atomic mass is 16.2. The summed E-state index contributed by atoms with van der Waals surface area (Å²) in [5.41, 5.74) is 3.79. The molecular weight excluding hydrogens is 274 g/mol. The van der Waals surface area contributed by atoms with E-state index in [2.05, 4.69) is 14.9 Å². The fourth-order valence-electron chi connectivity index (χ4n) is 4.38. The van der Waals surface area contributed by atoms with Gasteiger partial charge in [-0.3, -0.25) is 4.79 Å². The van der Waals surface area contributed by atoms with Crippen LogP contribution >= 0.6 is 0 Å². The number of amides is 1. The Labute approximate surface area is 130 Å². The Kier molecular flexibility index (Phi) is 2.70. The number of carbonyl (C=O) groups excluding carboxylic acids is 1. The molecule has 4 aliphatic rings. The second kappa shape index (κ2) is 4.64. The van der Waals surface area contributed by atoms with Crippen molar-refractivity contribution in [3.63, 3.8) is 0 Å². The normalized spacial score (nSPS) is 29.2. The molecule has 0 spiro atoms. The molecule has 0 aromatic carbocycles. The first-order valence-electron chi connectivity index (χ1n) is 8.64. The van der Waals surface area contributed by atoms with Crippen LogP contribution < -0.4 is 0 Å². The second-order valence-electron chi connectivity index (χ2n) is 7.31. The van der Waals surface area contributed by atoms with Gasteiger partial charge in [-0.05, 0) is 50.4 Å². The monoisotopic (exact) mass is 295 g/mol. The predicted molar refractivity (Wildman–Crippen MR) is 81.9 cm³/mol. The Bertz CT molecular complexity index is 646. The lowest BCUT2D eigenvalue weighted by Crippen LogP contribution is -2.41. The van der Waals surface area contributed by atoms with E-state index in [0.29, 0.717) is 6.04 Å². The summed E-state index contributed by atoms with van der Waals surface area (Å²) in [7, 11) is 0. The molecule has 0 radical (unpaired) electrons. The smallest absolute Gasteiger partial charge is 0.247 e. The predicted octanol–water partition coefficient (Wildman–Crippen LogP) is 2.81. The van der Waals surface area contributed by atoms with Crippen molar-refractivity contribution in [2.24, 2.45) is 11.8 Å². The van der Waals surface area contributed by atoms with Crippen molar-refractivity contribution < 1.29 is 4.79 Å². The molecule has 22 heavy (non-hydrogen) atoms. The first-order valence-corrected chi connectivity index (χ1v) is 8.64. The van der Waals surface area contributed by atoms with Crippen molar-refractivity contribution in [1.29, 1.82) is 0 Å². The summed E-state index contributed by atoms with van der Waals surface area (Å²) in [4.78, 5) is 23.7. The van der Waals surface area contributed by atoms with Crippen LogP contribution in [0.1, 0.15) is 55.8 Å². The van der Waals surface area contributed by atoms with Crippen molar-refractivity contribution in [2.75, 3.05) is 0 Å². The van der Waals surface area contributed by atoms with Crippen molar-refractivity contribution >= 4 is 5.91 Å². The van der Waals surface area contributed by atoms with Crippen LogP contribution in [-0.4, -0.2) is 26.8 Å². The lowest BCUT2D eigenvalue weighted by Gasteiger charge is -2.35. The Morgan fingerprint density at radius 1 is 1.14 bits per heavy atom. The molecule has 2 saturated carbocycles. The zero-order valence-electron chi connectivity index (χ0n) is 12.7. The molecule has 2 bridgehead atoms. The average Bonchev–Trinajstić information content (AvgIpc) is 3.43. The number of rotatable bonds is 3. The molecule has 1 amide bonds. The number of carbonyl (C=O) groups is 1. The maximum Gasteiger partial charge on any atom is 0.247 e. The maximum absolute atomic E-state index is 13.0. The van der Waals surface area contributed by atoms with Crippen LogP contribution in [0.4, 0.5) is 0 Å². The molecule has 2 aliphatic carbocycles. The molecule has 4 heteroatoms. The number of nitrogens with zero attached hydrogens (tertiary/aromatic N) is 3. The first-order chi connectivity index (χ1) is 10.8. The summed E-state index contributed by atoms with van der Waals surface area (Å²) in [6, 6.07) is 0.550. The molecule has 2 aliphatic heterocycles. The van der Waals surface area contributed by atoms with Gasteiger partial charge in [-0.2, -0.15) is 0 Å². The lowest BCUT2D eigenvalue weighted by atomic mass is 9.98. The third kappa shape index (κ3) is 2.00. The van der Waals surface area contributed by atoms with E-state index in [1.54, 1.807) is 6.33 Å². The van der Waals surface area contributed by atoms with Crippen LogP contribution in [0.15, 0.2) is 24.2 Å².